The van der Waals surface area contributed by atoms with Crippen molar-refractivity contribution in [2.24, 2.45) is 4.99 Å². The Hall–Kier alpha value is -4.04. The number of hydrogen-bond donors (Lipinski definition) is 2. The largest absolute Gasteiger partial charge is 0.494 e. The Morgan fingerprint density at radius 1 is 1.08 bits per heavy atom. The number of ether oxygens (including phenoxy) is 2. The summed E-state index contributed by atoms with van der Waals surface area (Å²) in [6.45, 7) is 0.418. The highest BCUT2D eigenvalue weighted by atomic mass is 19.1. The lowest BCUT2D eigenvalue weighted by Crippen LogP contribution is -2.46. The maximum Gasteiger partial charge on any atom is 0.252 e. The van der Waals surface area contributed by atoms with Gasteiger partial charge in [-0.25, -0.2) is 13.8 Å². The third-order valence-electron chi connectivity index (χ3n) is 5.80. The molecule has 0 aliphatic carbocycles. The van der Waals surface area contributed by atoms with Gasteiger partial charge in [-0.2, -0.15) is 0 Å². The zero-order chi connectivity index (χ0) is 26.1. The molecule has 1 amide bonds. The smallest absolute Gasteiger partial charge is 0.252 e. The second kappa shape index (κ2) is 12.3. The molecule has 0 spiro atoms. The number of hydrogen-bond acceptors (Lipinski definition) is 5. The summed E-state index contributed by atoms with van der Waals surface area (Å²) in [5, 5.41) is 11.7. The van der Waals surface area contributed by atoms with Crippen molar-refractivity contribution >= 4 is 17.9 Å². The number of amides is 1. The summed E-state index contributed by atoms with van der Waals surface area (Å²) >= 11 is 0. The molecule has 0 radical (unpaired) electrons. The highest BCUT2D eigenvalue weighted by molar-refractivity contribution is 6.00. The third-order valence-corrected chi connectivity index (χ3v) is 5.80. The SMILES string of the molecule is O=C(NCc1cc(F)cc(F)c1)[C@@]1(C/C=C/c2ccccc2)COC(c2ccc(OCCCO)cc2)=N1. The number of halogens is 2. The topological polar surface area (TPSA) is 80.2 Å². The Labute approximate surface area is 214 Å². The molecule has 0 saturated carbocycles. The van der Waals surface area contributed by atoms with E-state index in [9.17, 15) is 13.6 Å². The predicted octanol–water partition coefficient (Wildman–Crippen LogP) is 4.66. The van der Waals surface area contributed by atoms with E-state index in [4.69, 9.17) is 14.6 Å². The molecule has 1 heterocycles. The average Bonchev–Trinajstić information content (AvgIpc) is 3.33. The Morgan fingerprint density at radius 2 is 1.81 bits per heavy atom. The molecule has 3 aromatic carbocycles. The van der Waals surface area contributed by atoms with Gasteiger partial charge in [-0.15, -0.1) is 0 Å². The first-order valence-electron chi connectivity index (χ1n) is 12.0. The van der Waals surface area contributed by atoms with Crippen LogP contribution in [0.25, 0.3) is 6.08 Å². The minimum atomic E-state index is -1.25. The molecule has 1 aliphatic heterocycles. The number of carbonyl (C=O) groups is 1. The van der Waals surface area contributed by atoms with Crippen molar-refractivity contribution in [1.82, 2.24) is 5.32 Å². The molecule has 8 heteroatoms. The summed E-state index contributed by atoms with van der Waals surface area (Å²) in [6, 6.07) is 19.9. The van der Waals surface area contributed by atoms with Gasteiger partial charge in [0.1, 0.15) is 24.0 Å². The number of nitrogens with one attached hydrogen (secondary N) is 1. The van der Waals surface area contributed by atoms with Crippen LogP contribution in [0.4, 0.5) is 8.78 Å². The molecule has 4 rings (SSSR count). The van der Waals surface area contributed by atoms with Crippen LogP contribution in [0.1, 0.15) is 29.5 Å². The first-order valence-corrected chi connectivity index (χ1v) is 12.0. The van der Waals surface area contributed by atoms with Gasteiger partial charge in [0.2, 0.25) is 5.90 Å². The molecule has 3 aromatic rings. The van der Waals surface area contributed by atoms with Gasteiger partial charge in [-0.1, -0.05) is 42.5 Å². The summed E-state index contributed by atoms with van der Waals surface area (Å²) in [5.41, 5.74) is 0.723. The second-order valence-corrected chi connectivity index (χ2v) is 8.66. The van der Waals surface area contributed by atoms with E-state index in [-0.39, 0.29) is 26.2 Å². The summed E-state index contributed by atoms with van der Waals surface area (Å²) < 4.78 is 38.6. The summed E-state index contributed by atoms with van der Waals surface area (Å²) in [4.78, 5) is 18.1. The van der Waals surface area contributed by atoms with Gasteiger partial charge < -0.3 is 19.9 Å². The van der Waals surface area contributed by atoms with Crippen LogP contribution in [-0.4, -0.2) is 42.3 Å². The van der Waals surface area contributed by atoms with Crippen LogP contribution in [-0.2, 0) is 16.1 Å². The quantitative estimate of drug-likeness (QED) is 0.371. The van der Waals surface area contributed by atoms with Gasteiger partial charge in [-0.05, 0) is 47.5 Å². The number of aliphatic hydroxyl groups excluding tert-OH is 1. The molecule has 6 nitrogen and oxygen atoms in total. The summed E-state index contributed by atoms with van der Waals surface area (Å²) in [5.74, 6) is -0.861. The maximum absolute atomic E-state index is 13.6. The Bertz CT molecular complexity index is 1240. The minimum absolute atomic E-state index is 0.0135. The Balaban J connectivity index is 1.53. The van der Waals surface area contributed by atoms with E-state index in [0.717, 1.165) is 11.6 Å². The summed E-state index contributed by atoms with van der Waals surface area (Å²) in [7, 11) is 0. The van der Waals surface area contributed by atoms with Crippen LogP contribution >= 0.6 is 0 Å². The fraction of sp³-hybridized carbons (Fsp3) is 0.241. The molecular formula is C29H28F2N2O4. The van der Waals surface area contributed by atoms with Crippen molar-refractivity contribution in [1.29, 1.82) is 0 Å². The van der Waals surface area contributed by atoms with Crippen LogP contribution in [0, 0.1) is 11.6 Å². The van der Waals surface area contributed by atoms with Gasteiger partial charge in [-0.3, -0.25) is 4.79 Å². The van der Waals surface area contributed by atoms with E-state index >= 15 is 0 Å². The molecule has 0 unspecified atom stereocenters. The van der Waals surface area contributed by atoms with Crippen LogP contribution in [0.3, 0.4) is 0 Å². The molecule has 192 valence electrons. The standard InChI is InChI=1S/C29H28F2N2O4/c30-24-16-22(17-25(31)18-24)19-32-28(35)29(13-4-8-21-6-2-1-3-7-21)20-37-27(33-29)23-9-11-26(12-10-23)36-15-5-14-34/h1-4,6-12,16-18,34H,5,13-15,19-20H2,(H,32,35)/b8-4+/t29-/m1/s1. The third kappa shape index (κ3) is 7.01. The number of aliphatic hydroxyl groups is 1. The Morgan fingerprint density at radius 3 is 2.51 bits per heavy atom. The van der Waals surface area contributed by atoms with E-state index in [1.54, 1.807) is 24.3 Å². The molecule has 0 bridgehead atoms. The number of rotatable bonds is 11. The van der Waals surface area contributed by atoms with Crippen molar-refractivity contribution in [3.8, 4) is 5.75 Å². The van der Waals surface area contributed by atoms with Gasteiger partial charge in [0, 0.05) is 37.6 Å². The molecule has 0 fully saturated rings. The highest BCUT2D eigenvalue weighted by Crippen LogP contribution is 2.28. The molecular weight excluding hydrogens is 478 g/mol. The molecule has 37 heavy (non-hydrogen) atoms. The number of aliphatic imine (C=N–C) groups is 1. The lowest BCUT2D eigenvalue weighted by atomic mass is 9.95. The zero-order valence-corrected chi connectivity index (χ0v) is 20.2. The monoisotopic (exact) mass is 506 g/mol. The predicted molar refractivity (Wildman–Crippen MR) is 137 cm³/mol. The maximum atomic E-state index is 13.6. The fourth-order valence-corrected chi connectivity index (χ4v) is 3.87. The number of benzene rings is 3. The Kier molecular flexibility index (Phi) is 8.64. The first-order chi connectivity index (χ1) is 18.0. The minimum Gasteiger partial charge on any atom is -0.494 e. The van der Waals surface area contributed by atoms with Gasteiger partial charge in [0.05, 0.1) is 6.61 Å². The van der Waals surface area contributed by atoms with Gasteiger partial charge in [0.15, 0.2) is 5.54 Å². The normalized spacial score (nSPS) is 16.9. The number of carbonyl (C=O) groups excluding carboxylic acids is 1. The second-order valence-electron chi connectivity index (χ2n) is 8.66. The van der Waals surface area contributed by atoms with Crippen molar-refractivity contribution in [3.63, 3.8) is 0 Å². The van der Waals surface area contributed by atoms with Crippen molar-refractivity contribution in [2.75, 3.05) is 19.8 Å². The molecule has 2 N–H and O–H groups in total. The molecule has 0 saturated heterocycles. The van der Waals surface area contributed by atoms with Crippen LogP contribution in [0.15, 0.2) is 83.9 Å². The fourth-order valence-electron chi connectivity index (χ4n) is 3.87. The average molecular weight is 507 g/mol. The first kappa shape index (κ1) is 26.0. The number of nitrogens with zero attached hydrogens (tertiary/aromatic N) is 1. The zero-order valence-electron chi connectivity index (χ0n) is 20.2. The van der Waals surface area contributed by atoms with E-state index < -0.39 is 23.1 Å². The van der Waals surface area contributed by atoms with Crippen LogP contribution in [0.2, 0.25) is 0 Å². The van der Waals surface area contributed by atoms with Crippen molar-refractivity contribution in [3.05, 3.63) is 107 Å². The molecule has 0 aromatic heterocycles. The van der Waals surface area contributed by atoms with Crippen molar-refractivity contribution in [2.45, 2.75) is 24.9 Å². The van der Waals surface area contributed by atoms with Crippen LogP contribution in [0.5, 0.6) is 5.75 Å². The van der Waals surface area contributed by atoms with Gasteiger partial charge in [0.25, 0.3) is 5.91 Å². The highest BCUT2D eigenvalue weighted by Gasteiger charge is 2.43. The van der Waals surface area contributed by atoms with E-state index in [1.807, 2.05) is 42.5 Å². The lowest BCUT2D eigenvalue weighted by Gasteiger charge is -2.21. The molecule has 1 aliphatic rings. The van der Waals surface area contributed by atoms with E-state index in [0.29, 0.717) is 35.8 Å². The van der Waals surface area contributed by atoms with Crippen molar-refractivity contribution < 1.29 is 28.2 Å². The lowest BCUT2D eigenvalue weighted by molar-refractivity contribution is -0.126. The van der Waals surface area contributed by atoms with Gasteiger partial charge >= 0.3 is 0 Å². The van der Waals surface area contributed by atoms with E-state index in [2.05, 4.69) is 10.3 Å². The summed E-state index contributed by atoms with van der Waals surface area (Å²) in [6.07, 6.45) is 4.57. The van der Waals surface area contributed by atoms with E-state index in [1.165, 1.54) is 12.1 Å². The molecule has 1 atom stereocenters. The van der Waals surface area contributed by atoms with Crippen LogP contribution < -0.4 is 10.1 Å².